The van der Waals surface area contributed by atoms with Gasteiger partial charge in [0.15, 0.2) is 0 Å². The van der Waals surface area contributed by atoms with E-state index in [-0.39, 0.29) is 17.9 Å². The van der Waals surface area contributed by atoms with Crippen molar-refractivity contribution < 1.29 is 14.3 Å². The molecule has 0 saturated heterocycles. The quantitative estimate of drug-likeness (QED) is 0.693. The molecule has 27 heavy (non-hydrogen) atoms. The van der Waals surface area contributed by atoms with Crippen molar-refractivity contribution >= 4 is 23.4 Å². The zero-order valence-corrected chi connectivity index (χ0v) is 16.6. The van der Waals surface area contributed by atoms with Gasteiger partial charge in [-0.3, -0.25) is 9.59 Å². The van der Waals surface area contributed by atoms with E-state index in [0.29, 0.717) is 30.0 Å². The standard InChI is InChI=1S/C21H25ClN2O3/c1-15(16-8-12-19(27-3)13-9-16)24(2)20(25)5-4-14-23-21(26)17-6-10-18(22)11-7-17/h6-13,15H,4-5,14H2,1-3H3,(H,23,26). The maximum Gasteiger partial charge on any atom is 0.251 e. The molecule has 0 aliphatic carbocycles. The van der Waals surface area contributed by atoms with E-state index in [2.05, 4.69) is 5.32 Å². The fraction of sp³-hybridized carbons (Fsp3) is 0.333. The number of hydrogen-bond donors (Lipinski definition) is 1. The Morgan fingerprint density at radius 1 is 1.11 bits per heavy atom. The molecule has 0 heterocycles. The van der Waals surface area contributed by atoms with Crippen LogP contribution in [0, 0.1) is 0 Å². The highest BCUT2D eigenvalue weighted by Crippen LogP contribution is 2.22. The Bertz CT molecular complexity index is 760. The largest absolute Gasteiger partial charge is 0.497 e. The van der Waals surface area contributed by atoms with Crippen LogP contribution in [0.1, 0.15) is 41.7 Å². The van der Waals surface area contributed by atoms with E-state index in [9.17, 15) is 9.59 Å². The average Bonchev–Trinajstić information content (AvgIpc) is 2.70. The highest BCUT2D eigenvalue weighted by atomic mass is 35.5. The number of nitrogens with one attached hydrogen (secondary N) is 1. The van der Waals surface area contributed by atoms with E-state index in [4.69, 9.17) is 16.3 Å². The number of nitrogens with zero attached hydrogens (tertiary/aromatic N) is 1. The van der Waals surface area contributed by atoms with E-state index in [1.807, 2.05) is 31.2 Å². The number of carbonyl (C=O) groups is 2. The van der Waals surface area contributed by atoms with Crippen LogP contribution in [0.2, 0.25) is 5.02 Å². The van der Waals surface area contributed by atoms with Crippen LogP contribution in [-0.4, -0.2) is 37.4 Å². The van der Waals surface area contributed by atoms with Crippen molar-refractivity contribution in [2.45, 2.75) is 25.8 Å². The van der Waals surface area contributed by atoms with Crippen LogP contribution in [0.3, 0.4) is 0 Å². The Hall–Kier alpha value is -2.53. The van der Waals surface area contributed by atoms with Gasteiger partial charge in [-0.1, -0.05) is 23.7 Å². The van der Waals surface area contributed by atoms with Crippen LogP contribution in [0.4, 0.5) is 0 Å². The van der Waals surface area contributed by atoms with E-state index in [1.54, 1.807) is 43.3 Å². The second-order valence-electron chi connectivity index (χ2n) is 6.32. The summed E-state index contributed by atoms with van der Waals surface area (Å²) in [7, 11) is 3.42. The minimum atomic E-state index is -0.168. The lowest BCUT2D eigenvalue weighted by Crippen LogP contribution is -2.31. The van der Waals surface area contributed by atoms with Gasteiger partial charge in [0.1, 0.15) is 5.75 Å². The van der Waals surface area contributed by atoms with Crippen LogP contribution in [-0.2, 0) is 4.79 Å². The minimum Gasteiger partial charge on any atom is -0.497 e. The molecule has 0 fully saturated rings. The highest BCUT2D eigenvalue weighted by molar-refractivity contribution is 6.30. The van der Waals surface area contributed by atoms with Gasteiger partial charge < -0.3 is 15.0 Å². The number of amides is 2. The van der Waals surface area contributed by atoms with Gasteiger partial charge in [-0.05, 0) is 55.3 Å². The summed E-state index contributed by atoms with van der Waals surface area (Å²) in [5, 5.41) is 3.41. The Kier molecular flexibility index (Phi) is 7.67. The lowest BCUT2D eigenvalue weighted by Gasteiger charge is -2.25. The normalized spacial score (nSPS) is 11.6. The summed E-state index contributed by atoms with van der Waals surface area (Å²) in [4.78, 5) is 26.2. The average molecular weight is 389 g/mol. The maximum absolute atomic E-state index is 12.4. The van der Waals surface area contributed by atoms with Crippen LogP contribution < -0.4 is 10.1 Å². The molecular weight excluding hydrogens is 364 g/mol. The zero-order valence-electron chi connectivity index (χ0n) is 15.9. The van der Waals surface area contributed by atoms with Crippen LogP contribution in [0.5, 0.6) is 5.75 Å². The minimum absolute atomic E-state index is 0.0351. The van der Waals surface area contributed by atoms with Gasteiger partial charge in [-0.15, -0.1) is 0 Å². The van der Waals surface area contributed by atoms with Crippen molar-refractivity contribution in [2.24, 2.45) is 0 Å². The van der Waals surface area contributed by atoms with Crippen molar-refractivity contribution in [3.8, 4) is 5.75 Å². The first-order valence-electron chi connectivity index (χ1n) is 8.85. The third-order valence-electron chi connectivity index (χ3n) is 4.53. The molecule has 0 spiro atoms. The predicted octanol–water partition coefficient (Wildman–Crippen LogP) is 4.08. The van der Waals surface area contributed by atoms with E-state index < -0.39 is 0 Å². The van der Waals surface area contributed by atoms with Gasteiger partial charge in [-0.2, -0.15) is 0 Å². The SMILES string of the molecule is COc1ccc(C(C)N(C)C(=O)CCCNC(=O)c2ccc(Cl)cc2)cc1. The van der Waals surface area contributed by atoms with E-state index in [1.165, 1.54) is 0 Å². The van der Waals surface area contributed by atoms with E-state index >= 15 is 0 Å². The first-order valence-corrected chi connectivity index (χ1v) is 9.23. The number of hydrogen-bond acceptors (Lipinski definition) is 3. The molecule has 0 aliphatic heterocycles. The zero-order chi connectivity index (χ0) is 19.8. The number of benzene rings is 2. The maximum atomic E-state index is 12.4. The Labute approximate surface area is 165 Å². The lowest BCUT2D eigenvalue weighted by molar-refractivity contribution is -0.131. The molecule has 2 amide bonds. The molecule has 144 valence electrons. The number of carbonyl (C=O) groups excluding carboxylic acids is 2. The monoisotopic (exact) mass is 388 g/mol. The third kappa shape index (κ3) is 6.00. The van der Waals surface area contributed by atoms with Gasteiger partial charge in [0.25, 0.3) is 5.91 Å². The second kappa shape index (κ2) is 9.97. The molecule has 0 aromatic heterocycles. The van der Waals surface area contributed by atoms with Gasteiger partial charge in [-0.25, -0.2) is 0 Å². The molecule has 2 rings (SSSR count). The summed E-state index contributed by atoms with van der Waals surface area (Å²) in [6.07, 6.45) is 0.954. The Morgan fingerprint density at radius 3 is 2.33 bits per heavy atom. The fourth-order valence-electron chi connectivity index (χ4n) is 2.64. The fourth-order valence-corrected chi connectivity index (χ4v) is 2.77. The molecule has 1 unspecified atom stereocenters. The molecule has 0 aliphatic rings. The molecule has 2 aromatic rings. The molecule has 1 N–H and O–H groups in total. The second-order valence-corrected chi connectivity index (χ2v) is 6.76. The van der Waals surface area contributed by atoms with Crippen molar-refractivity contribution in [1.82, 2.24) is 10.2 Å². The van der Waals surface area contributed by atoms with Crippen LogP contribution in [0.15, 0.2) is 48.5 Å². The topological polar surface area (TPSA) is 58.6 Å². The molecular formula is C21H25ClN2O3. The number of ether oxygens (including phenoxy) is 1. The van der Waals surface area contributed by atoms with Gasteiger partial charge in [0.2, 0.25) is 5.91 Å². The van der Waals surface area contributed by atoms with Crippen LogP contribution >= 0.6 is 11.6 Å². The Balaban J connectivity index is 1.77. The van der Waals surface area contributed by atoms with Crippen LogP contribution in [0.25, 0.3) is 0 Å². The summed E-state index contributed by atoms with van der Waals surface area (Å²) < 4.78 is 5.16. The molecule has 0 saturated carbocycles. The van der Waals surface area contributed by atoms with Gasteiger partial charge in [0.05, 0.1) is 13.2 Å². The molecule has 1 atom stereocenters. The molecule has 0 bridgehead atoms. The van der Waals surface area contributed by atoms with Crippen molar-refractivity contribution in [1.29, 1.82) is 0 Å². The van der Waals surface area contributed by atoms with E-state index in [0.717, 1.165) is 11.3 Å². The first-order chi connectivity index (χ1) is 12.9. The Morgan fingerprint density at radius 2 is 1.74 bits per heavy atom. The van der Waals surface area contributed by atoms with Gasteiger partial charge >= 0.3 is 0 Å². The smallest absolute Gasteiger partial charge is 0.251 e. The molecule has 0 radical (unpaired) electrons. The third-order valence-corrected chi connectivity index (χ3v) is 4.78. The summed E-state index contributed by atoms with van der Waals surface area (Å²) in [5.74, 6) is 0.662. The summed E-state index contributed by atoms with van der Waals surface area (Å²) in [6, 6.07) is 14.4. The van der Waals surface area contributed by atoms with Crippen molar-refractivity contribution in [3.05, 3.63) is 64.7 Å². The summed E-state index contributed by atoms with van der Waals surface area (Å²) >= 11 is 5.81. The van der Waals surface area contributed by atoms with Crippen molar-refractivity contribution in [3.63, 3.8) is 0 Å². The number of methoxy groups -OCH3 is 1. The molecule has 5 nitrogen and oxygen atoms in total. The highest BCUT2D eigenvalue weighted by Gasteiger charge is 2.17. The molecule has 2 aromatic carbocycles. The first kappa shape index (κ1) is 20.8. The summed E-state index contributed by atoms with van der Waals surface area (Å²) in [6.45, 7) is 2.43. The molecule has 6 heteroatoms. The van der Waals surface area contributed by atoms with Crippen molar-refractivity contribution in [2.75, 3.05) is 20.7 Å². The number of rotatable bonds is 8. The number of halogens is 1. The predicted molar refractivity (Wildman–Crippen MR) is 107 cm³/mol. The summed E-state index contributed by atoms with van der Waals surface area (Å²) in [5.41, 5.74) is 1.60. The van der Waals surface area contributed by atoms with Gasteiger partial charge in [0, 0.05) is 30.6 Å². The lowest BCUT2D eigenvalue weighted by atomic mass is 10.1.